The van der Waals surface area contributed by atoms with Crippen molar-refractivity contribution in [2.45, 2.75) is 38.3 Å². The van der Waals surface area contributed by atoms with Crippen LogP contribution in [-0.2, 0) is 4.43 Å². The van der Waals surface area contributed by atoms with E-state index in [1.54, 1.807) is 0 Å². The maximum absolute atomic E-state index is 9.40. The lowest BCUT2D eigenvalue weighted by Gasteiger charge is -2.44. The first-order valence-corrected chi connectivity index (χ1v) is 10.4. The molecule has 0 saturated heterocycles. The second kappa shape index (κ2) is 7.93. The Hall–Kier alpha value is -1.68. The molecule has 0 aliphatic carbocycles. The third-order valence-corrected chi connectivity index (χ3v) is 9.48. The molecule has 0 aromatic heterocycles. The zero-order chi connectivity index (χ0) is 17.6. The third kappa shape index (κ3) is 3.69. The molecule has 0 fully saturated rings. The van der Waals surface area contributed by atoms with Gasteiger partial charge in [-0.3, -0.25) is 0 Å². The summed E-state index contributed by atoms with van der Waals surface area (Å²) in [5.41, 5.74) is 0. The van der Waals surface area contributed by atoms with E-state index < -0.39 is 8.32 Å². The molecule has 1 atom stereocenters. The fourth-order valence-corrected chi connectivity index (χ4v) is 7.95. The molecule has 1 N–H and O–H groups in total. The van der Waals surface area contributed by atoms with Gasteiger partial charge >= 0.3 is 0 Å². The van der Waals surface area contributed by atoms with Crippen molar-refractivity contribution in [1.29, 1.82) is 0 Å². The predicted octanol–water partition coefficient (Wildman–Crippen LogP) is 3.50. The molecular formula is C21H28O2Si. The maximum atomic E-state index is 9.40. The summed E-state index contributed by atoms with van der Waals surface area (Å²) >= 11 is 0. The van der Waals surface area contributed by atoms with E-state index >= 15 is 0 Å². The predicted molar refractivity (Wildman–Crippen MR) is 104 cm³/mol. The first kappa shape index (κ1) is 18.7. The maximum Gasteiger partial charge on any atom is 0.261 e. The lowest BCUT2D eigenvalue weighted by Crippen LogP contribution is -2.67. The van der Waals surface area contributed by atoms with E-state index in [2.05, 4.69) is 75.9 Å². The van der Waals surface area contributed by atoms with Crippen LogP contribution < -0.4 is 10.4 Å². The van der Waals surface area contributed by atoms with Gasteiger partial charge in [0.25, 0.3) is 8.32 Å². The molecule has 128 valence electrons. The van der Waals surface area contributed by atoms with E-state index in [4.69, 9.17) is 4.43 Å². The van der Waals surface area contributed by atoms with Gasteiger partial charge in [0.15, 0.2) is 0 Å². The Morgan fingerprint density at radius 1 is 1.00 bits per heavy atom. The standard InChI is InChI=1S/C21H28O2Si/c1-5-18(16-17-22)23-24(21(2,3)4,19-12-8-6-9-13-19)20-14-10-7-11-15-20/h5-15,18,22H,1,16-17H2,2-4H3/t18-/m1/s1. The minimum atomic E-state index is -2.55. The summed E-state index contributed by atoms with van der Waals surface area (Å²) in [6.45, 7) is 10.8. The number of aliphatic hydroxyl groups excluding tert-OH is 1. The van der Waals surface area contributed by atoms with Gasteiger partial charge in [-0.25, -0.2) is 0 Å². The minimum absolute atomic E-state index is 0.0631. The van der Waals surface area contributed by atoms with Gasteiger partial charge in [-0.05, 0) is 21.8 Å². The number of benzene rings is 2. The second-order valence-electron chi connectivity index (χ2n) is 7.07. The highest BCUT2D eigenvalue weighted by Gasteiger charge is 2.51. The Labute approximate surface area is 146 Å². The van der Waals surface area contributed by atoms with Crippen molar-refractivity contribution in [2.24, 2.45) is 0 Å². The van der Waals surface area contributed by atoms with E-state index in [1.165, 1.54) is 10.4 Å². The first-order chi connectivity index (χ1) is 11.5. The Morgan fingerprint density at radius 2 is 1.46 bits per heavy atom. The van der Waals surface area contributed by atoms with E-state index in [0.29, 0.717) is 6.42 Å². The summed E-state index contributed by atoms with van der Waals surface area (Å²) in [7, 11) is -2.55. The van der Waals surface area contributed by atoms with Gasteiger partial charge in [-0.1, -0.05) is 87.5 Å². The van der Waals surface area contributed by atoms with Crippen molar-refractivity contribution >= 4 is 18.7 Å². The second-order valence-corrected chi connectivity index (χ2v) is 11.3. The molecule has 0 saturated carbocycles. The van der Waals surface area contributed by atoms with Crippen LogP contribution in [0.5, 0.6) is 0 Å². The third-order valence-electron chi connectivity index (χ3n) is 4.42. The van der Waals surface area contributed by atoms with E-state index in [9.17, 15) is 5.11 Å². The smallest absolute Gasteiger partial charge is 0.261 e. The topological polar surface area (TPSA) is 29.5 Å². The minimum Gasteiger partial charge on any atom is -0.401 e. The summed E-state index contributed by atoms with van der Waals surface area (Å²) in [6.07, 6.45) is 2.21. The van der Waals surface area contributed by atoms with Crippen molar-refractivity contribution < 1.29 is 9.53 Å². The molecule has 2 aromatic rings. The molecule has 0 aliphatic heterocycles. The van der Waals surface area contributed by atoms with Gasteiger partial charge in [0.05, 0.1) is 6.10 Å². The van der Waals surface area contributed by atoms with E-state index in [0.717, 1.165) is 0 Å². The zero-order valence-corrected chi connectivity index (χ0v) is 15.9. The molecule has 2 aromatic carbocycles. The van der Waals surface area contributed by atoms with E-state index in [-0.39, 0.29) is 17.7 Å². The summed E-state index contributed by atoms with van der Waals surface area (Å²) in [6, 6.07) is 21.0. The monoisotopic (exact) mass is 340 g/mol. The molecule has 2 rings (SSSR count). The van der Waals surface area contributed by atoms with Gasteiger partial charge in [0, 0.05) is 6.61 Å². The van der Waals surface area contributed by atoms with Crippen LogP contribution in [-0.4, -0.2) is 26.1 Å². The molecule has 0 amide bonds. The van der Waals surface area contributed by atoms with Gasteiger partial charge in [-0.15, -0.1) is 6.58 Å². The molecule has 24 heavy (non-hydrogen) atoms. The Balaban J connectivity index is 2.68. The van der Waals surface area contributed by atoms with Crippen LogP contribution in [0.25, 0.3) is 0 Å². The highest BCUT2D eigenvalue weighted by atomic mass is 28.4. The van der Waals surface area contributed by atoms with Crippen LogP contribution in [0.4, 0.5) is 0 Å². The van der Waals surface area contributed by atoms with Gasteiger partial charge in [-0.2, -0.15) is 0 Å². The fourth-order valence-electron chi connectivity index (χ4n) is 3.27. The number of aliphatic hydroxyl groups is 1. The SMILES string of the molecule is C=C[C@H](CCO)O[Si](c1ccccc1)(c1ccccc1)C(C)(C)C. The molecule has 0 aliphatic rings. The lowest BCUT2D eigenvalue weighted by atomic mass is 10.2. The quantitative estimate of drug-likeness (QED) is 0.617. The molecular weight excluding hydrogens is 312 g/mol. The Morgan fingerprint density at radius 3 is 1.79 bits per heavy atom. The summed E-state index contributed by atoms with van der Waals surface area (Å²) in [4.78, 5) is 0. The number of hydrogen-bond acceptors (Lipinski definition) is 2. The summed E-state index contributed by atoms with van der Waals surface area (Å²) < 4.78 is 6.83. The van der Waals surface area contributed by atoms with Crippen molar-refractivity contribution in [2.75, 3.05) is 6.61 Å². The Kier molecular flexibility index (Phi) is 6.16. The van der Waals surface area contributed by atoms with Crippen molar-refractivity contribution in [3.63, 3.8) is 0 Å². The highest BCUT2D eigenvalue weighted by molar-refractivity contribution is 6.99. The molecule has 0 bridgehead atoms. The lowest BCUT2D eigenvalue weighted by molar-refractivity contribution is 0.179. The normalized spacial score (nSPS) is 13.5. The Bertz CT molecular complexity index is 592. The van der Waals surface area contributed by atoms with Crippen LogP contribution in [0.2, 0.25) is 5.04 Å². The molecule has 0 heterocycles. The summed E-state index contributed by atoms with van der Waals surface area (Å²) in [5.74, 6) is 0. The van der Waals surface area contributed by atoms with Crippen LogP contribution in [0.15, 0.2) is 73.3 Å². The molecule has 0 unspecified atom stereocenters. The number of rotatable bonds is 7. The zero-order valence-electron chi connectivity index (χ0n) is 14.9. The fraction of sp³-hybridized carbons (Fsp3) is 0.333. The van der Waals surface area contributed by atoms with Crippen LogP contribution in [0, 0.1) is 0 Å². The molecule has 0 radical (unpaired) electrons. The van der Waals surface area contributed by atoms with Gasteiger partial charge < -0.3 is 9.53 Å². The van der Waals surface area contributed by atoms with Gasteiger partial charge in [0.1, 0.15) is 0 Å². The average molecular weight is 341 g/mol. The molecule has 2 nitrogen and oxygen atoms in total. The number of hydrogen-bond donors (Lipinski definition) is 1. The van der Waals surface area contributed by atoms with Crippen molar-refractivity contribution in [3.8, 4) is 0 Å². The van der Waals surface area contributed by atoms with Crippen molar-refractivity contribution in [3.05, 3.63) is 73.3 Å². The molecule has 3 heteroatoms. The first-order valence-electron chi connectivity index (χ1n) is 8.48. The van der Waals surface area contributed by atoms with Crippen LogP contribution >= 0.6 is 0 Å². The van der Waals surface area contributed by atoms with Crippen molar-refractivity contribution in [1.82, 2.24) is 0 Å². The van der Waals surface area contributed by atoms with E-state index in [1.807, 2.05) is 18.2 Å². The van der Waals surface area contributed by atoms with Crippen LogP contribution in [0.3, 0.4) is 0 Å². The molecule has 0 spiro atoms. The largest absolute Gasteiger partial charge is 0.401 e. The van der Waals surface area contributed by atoms with Crippen LogP contribution in [0.1, 0.15) is 27.2 Å². The average Bonchev–Trinajstić information content (AvgIpc) is 2.59. The summed E-state index contributed by atoms with van der Waals surface area (Å²) in [5, 5.41) is 11.8. The highest BCUT2D eigenvalue weighted by Crippen LogP contribution is 2.37. The van der Waals surface area contributed by atoms with Gasteiger partial charge in [0.2, 0.25) is 0 Å².